The van der Waals surface area contributed by atoms with E-state index in [1.54, 1.807) is 44.3 Å². The van der Waals surface area contributed by atoms with E-state index >= 15 is 0 Å². The second kappa shape index (κ2) is 17.5. The van der Waals surface area contributed by atoms with Gasteiger partial charge in [0.2, 0.25) is 5.91 Å². The minimum Gasteiger partial charge on any atom is -0.494 e. The largest absolute Gasteiger partial charge is 0.494 e. The highest BCUT2D eigenvalue weighted by Gasteiger charge is 2.29. The molecule has 1 heterocycles. The zero-order chi connectivity index (χ0) is 33.5. The number of hydrogen-bond acceptors (Lipinski definition) is 11. The molecule has 1 aromatic carbocycles. The van der Waals surface area contributed by atoms with Crippen LogP contribution in [0, 0.1) is 12.8 Å². The summed E-state index contributed by atoms with van der Waals surface area (Å²) in [6.07, 6.45) is 7.70. The van der Waals surface area contributed by atoms with Crippen LogP contribution in [0.15, 0.2) is 82.8 Å². The first-order valence-corrected chi connectivity index (χ1v) is 14.1. The topological polar surface area (TPSA) is 203 Å². The second-order valence-electron chi connectivity index (χ2n) is 10.1. The zero-order valence-corrected chi connectivity index (χ0v) is 26.6. The Morgan fingerprint density at radius 1 is 1.22 bits per heavy atom. The standard InChI is InChI=1S/C23H28N6O3.C9H15N3O/c1-13-7-8-15(12-27-13)16-5-4-6-17(21(16)32-3)28-18(20(25)23(31)26-2)11-19(24)29-22(30)14-9-10-14;1-8(11-2)9(6-10)7-12(3)4-5-13/h4-8,11-12,14,28H,9-10,24-25H2,1-3H3,(H,26,31)(H,29,30);4,6H,7,10H2,1-3H3/b19-11+,20-18+;9-6-,11-8?. The van der Waals surface area contributed by atoms with Crippen LogP contribution in [0.2, 0.25) is 0 Å². The molecule has 0 spiro atoms. The molecule has 0 unspecified atom stereocenters. The van der Waals surface area contributed by atoms with E-state index in [9.17, 15) is 14.4 Å². The first-order chi connectivity index (χ1) is 21.5. The van der Waals surface area contributed by atoms with Crippen molar-refractivity contribution < 1.29 is 19.1 Å². The number of aryl methyl sites for hydroxylation is 1. The predicted molar refractivity (Wildman–Crippen MR) is 177 cm³/mol. The van der Waals surface area contributed by atoms with Crippen LogP contribution >= 0.6 is 0 Å². The number of benzene rings is 1. The first-order valence-electron chi connectivity index (χ1n) is 14.1. The molecule has 0 bridgehead atoms. The number of carbonyl (C=O) groups is 2. The summed E-state index contributed by atoms with van der Waals surface area (Å²) in [5, 5.41) is 8.25. The molecule has 1 saturated carbocycles. The summed E-state index contributed by atoms with van der Waals surface area (Å²) in [7, 11) is 6.50. The van der Waals surface area contributed by atoms with Gasteiger partial charge in [0, 0.05) is 80.2 Å². The van der Waals surface area contributed by atoms with E-state index < -0.39 is 5.91 Å². The van der Waals surface area contributed by atoms with Crippen LogP contribution in [0.1, 0.15) is 25.5 Å². The highest BCUT2D eigenvalue weighted by atomic mass is 16.5. The number of aromatic nitrogens is 1. The average molecular weight is 618 g/mol. The maximum absolute atomic E-state index is 12.2. The van der Waals surface area contributed by atoms with E-state index in [2.05, 4.69) is 25.9 Å². The van der Waals surface area contributed by atoms with E-state index in [1.807, 2.05) is 38.1 Å². The van der Waals surface area contributed by atoms with Crippen molar-refractivity contribution in [2.24, 2.45) is 28.1 Å². The molecule has 45 heavy (non-hydrogen) atoms. The van der Waals surface area contributed by atoms with Crippen molar-refractivity contribution >= 4 is 29.2 Å². The molecular weight excluding hydrogens is 574 g/mol. The van der Waals surface area contributed by atoms with E-state index in [4.69, 9.17) is 21.9 Å². The van der Waals surface area contributed by atoms with Gasteiger partial charge in [-0.05, 0) is 38.8 Å². The Balaban J connectivity index is 0.000000459. The number of rotatable bonds is 12. The highest BCUT2D eigenvalue weighted by molar-refractivity contribution is 5.98. The van der Waals surface area contributed by atoms with Crippen LogP contribution in [0.4, 0.5) is 5.69 Å². The minimum absolute atomic E-state index is 0.0153. The van der Waals surface area contributed by atoms with Gasteiger partial charge in [0.15, 0.2) is 0 Å². The Labute approximate surface area is 264 Å². The van der Waals surface area contributed by atoms with Gasteiger partial charge in [0.1, 0.15) is 23.2 Å². The Hall–Kier alpha value is -5.55. The van der Waals surface area contributed by atoms with Gasteiger partial charge in [-0.1, -0.05) is 18.2 Å². The molecular formula is C32H43N9O4. The quantitative estimate of drug-likeness (QED) is 0.0884. The van der Waals surface area contributed by atoms with Gasteiger partial charge in [-0.3, -0.25) is 19.6 Å². The smallest absolute Gasteiger partial charge is 0.269 e. The van der Waals surface area contributed by atoms with Gasteiger partial charge in [-0.25, -0.2) is 4.79 Å². The Bertz CT molecular complexity index is 1520. The SMILES string of the molecule is CN=C(C)/C(=C\N)CN(C)C=C=O.CNC(=O)/C(N)=C(/C=C(\N)NC(=O)C1CC1)Nc1cccc(-c2ccc(C)nc2)c1OC. The summed E-state index contributed by atoms with van der Waals surface area (Å²) in [4.78, 5) is 44.3. The lowest BCUT2D eigenvalue weighted by Gasteiger charge is -2.17. The molecule has 1 aromatic heterocycles. The van der Waals surface area contributed by atoms with Gasteiger partial charge in [-0.2, -0.15) is 0 Å². The summed E-state index contributed by atoms with van der Waals surface area (Å²) in [6.45, 7) is 4.35. The number of methoxy groups -OCH3 is 1. The third-order valence-corrected chi connectivity index (χ3v) is 6.68. The minimum atomic E-state index is -0.497. The van der Waals surface area contributed by atoms with Gasteiger partial charge < -0.3 is 42.8 Å². The van der Waals surface area contributed by atoms with Gasteiger partial charge >= 0.3 is 0 Å². The number of allylic oxidation sites excluding steroid dienone is 1. The highest BCUT2D eigenvalue weighted by Crippen LogP contribution is 2.37. The summed E-state index contributed by atoms with van der Waals surface area (Å²) >= 11 is 0. The number of anilines is 1. The number of amides is 2. The third kappa shape index (κ3) is 10.9. The molecule has 0 aliphatic heterocycles. The van der Waals surface area contributed by atoms with Gasteiger partial charge in [0.25, 0.3) is 5.91 Å². The fraction of sp³-hybridized carbons (Fsp3) is 0.312. The van der Waals surface area contributed by atoms with Crippen molar-refractivity contribution in [1.29, 1.82) is 0 Å². The molecule has 0 atom stereocenters. The normalized spacial score (nSPS) is 13.7. The van der Waals surface area contributed by atoms with Crippen molar-refractivity contribution in [3.05, 3.63) is 83.5 Å². The van der Waals surface area contributed by atoms with E-state index in [0.29, 0.717) is 18.0 Å². The number of nitrogens with one attached hydrogen (secondary N) is 3. The first kappa shape index (κ1) is 35.6. The molecule has 0 radical (unpaired) electrons. The van der Waals surface area contributed by atoms with E-state index in [0.717, 1.165) is 40.9 Å². The predicted octanol–water partition coefficient (Wildman–Crippen LogP) is 1.92. The molecule has 240 valence electrons. The van der Waals surface area contributed by atoms with Crippen LogP contribution in [0.25, 0.3) is 11.1 Å². The number of ether oxygens (including phenoxy) is 1. The lowest BCUT2D eigenvalue weighted by molar-refractivity contribution is -0.121. The Morgan fingerprint density at radius 2 is 1.93 bits per heavy atom. The molecule has 13 nitrogen and oxygen atoms in total. The van der Waals surface area contributed by atoms with Crippen LogP contribution < -0.4 is 37.9 Å². The number of carbonyl (C=O) groups excluding carboxylic acids is 3. The number of aliphatic imine (C=N–C) groups is 1. The molecule has 2 aromatic rings. The number of hydrogen-bond donors (Lipinski definition) is 6. The van der Waals surface area contributed by atoms with Crippen molar-refractivity contribution in [3.63, 3.8) is 0 Å². The van der Waals surface area contributed by atoms with Crippen LogP contribution in [0.5, 0.6) is 5.75 Å². The fourth-order valence-electron chi connectivity index (χ4n) is 3.91. The summed E-state index contributed by atoms with van der Waals surface area (Å²) < 4.78 is 5.66. The van der Waals surface area contributed by atoms with E-state index in [-0.39, 0.29) is 29.0 Å². The van der Waals surface area contributed by atoms with Gasteiger partial charge in [-0.15, -0.1) is 0 Å². The maximum Gasteiger partial charge on any atom is 0.269 e. The van der Waals surface area contributed by atoms with Crippen LogP contribution in [-0.2, 0) is 14.4 Å². The number of pyridine rings is 1. The molecule has 9 N–H and O–H groups in total. The number of nitrogens with zero attached hydrogens (tertiary/aromatic N) is 3. The van der Waals surface area contributed by atoms with Crippen molar-refractivity contribution in [2.45, 2.75) is 26.7 Å². The van der Waals surface area contributed by atoms with Crippen LogP contribution in [-0.4, -0.2) is 68.1 Å². The molecule has 2 amide bonds. The Kier molecular flexibility index (Phi) is 13.9. The Morgan fingerprint density at radius 3 is 2.47 bits per heavy atom. The monoisotopic (exact) mass is 617 g/mol. The van der Waals surface area contributed by atoms with Crippen molar-refractivity contribution in [1.82, 2.24) is 20.5 Å². The fourth-order valence-corrected chi connectivity index (χ4v) is 3.91. The van der Waals surface area contributed by atoms with Crippen molar-refractivity contribution in [2.75, 3.05) is 40.1 Å². The summed E-state index contributed by atoms with van der Waals surface area (Å²) in [5.41, 5.74) is 22.5. The molecule has 0 saturated heterocycles. The maximum atomic E-state index is 12.2. The third-order valence-electron chi connectivity index (χ3n) is 6.68. The number of nitrogens with two attached hydrogens (primary N) is 3. The average Bonchev–Trinajstić information content (AvgIpc) is 3.89. The second-order valence-corrected chi connectivity index (χ2v) is 10.1. The summed E-state index contributed by atoms with van der Waals surface area (Å²) in [6, 6.07) is 9.40. The molecule has 1 aliphatic rings. The molecule has 3 rings (SSSR count). The summed E-state index contributed by atoms with van der Waals surface area (Å²) in [5.74, 6) is 1.65. The molecule has 13 heteroatoms. The zero-order valence-electron chi connectivity index (χ0n) is 26.6. The van der Waals surface area contributed by atoms with E-state index in [1.165, 1.54) is 25.5 Å². The molecule has 1 aliphatic carbocycles. The van der Waals surface area contributed by atoms with Crippen LogP contribution in [0.3, 0.4) is 0 Å². The lowest BCUT2D eigenvalue weighted by Crippen LogP contribution is -2.31. The lowest BCUT2D eigenvalue weighted by atomic mass is 10.0. The number of likely N-dealkylation sites (N-methyl/N-ethyl adjacent to an activating group) is 2. The van der Waals surface area contributed by atoms with Crippen molar-refractivity contribution in [3.8, 4) is 16.9 Å². The van der Waals surface area contributed by atoms with Gasteiger partial charge in [0.05, 0.1) is 24.7 Å². The molecule has 1 fully saturated rings. The number of para-hydroxylation sites is 1.